The van der Waals surface area contributed by atoms with E-state index in [4.69, 9.17) is 10.5 Å². The number of para-hydroxylation sites is 1. The lowest BCUT2D eigenvalue weighted by atomic mass is 10.2. The second-order valence-corrected chi connectivity index (χ2v) is 4.64. The van der Waals surface area contributed by atoms with Crippen LogP contribution in [0.3, 0.4) is 0 Å². The molecule has 0 amide bonds. The van der Waals surface area contributed by atoms with Crippen molar-refractivity contribution in [3.05, 3.63) is 41.7 Å². The van der Waals surface area contributed by atoms with Crippen LogP contribution in [0.25, 0.3) is 0 Å². The summed E-state index contributed by atoms with van der Waals surface area (Å²) >= 11 is 0. The Bertz CT molecular complexity index is 532. The molecule has 0 aliphatic heterocycles. The fraction of sp³-hybridized carbons (Fsp3) is 0.357. The van der Waals surface area contributed by atoms with Crippen LogP contribution in [-0.4, -0.2) is 9.78 Å². The number of nitrogens with zero attached hydrogens (tertiary/aromatic N) is 2. The second kappa shape index (κ2) is 5.12. The summed E-state index contributed by atoms with van der Waals surface area (Å²) in [4.78, 5) is 0. The molecular formula is C14H19N3O. The van der Waals surface area contributed by atoms with Crippen molar-refractivity contribution in [2.75, 3.05) is 5.73 Å². The number of aryl methyl sites for hydroxylation is 1. The van der Waals surface area contributed by atoms with Crippen molar-refractivity contribution in [2.45, 2.75) is 33.4 Å². The van der Waals surface area contributed by atoms with Crippen molar-refractivity contribution >= 4 is 5.69 Å². The molecule has 2 aromatic rings. The molecule has 96 valence electrons. The molecule has 2 N–H and O–H groups in total. The highest BCUT2D eigenvalue weighted by atomic mass is 16.5. The van der Waals surface area contributed by atoms with Crippen molar-refractivity contribution in [1.29, 1.82) is 0 Å². The molecule has 0 atom stereocenters. The Kier molecular flexibility index (Phi) is 3.55. The monoisotopic (exact) mass is 245 g/mol. The summed E-state index contributed by atoms with van der Waals surface area (Å²) in [6.45, 7) is 6.61. The van der Waals surface area contributed by atoms with Crippen molar-refractivity contribution in [3.8, 4) is 5.75 Å². The van der Waals surface area contributed by atoms with Crippen LogP contribution in [0.5, 0.6) is 5.75 Å². The summed E-state index contributed by atoms with van der Waals surface area (Å²) in [5.74, 6) is 0.883. The molecule has 4 nitrogen and oxygen atoms in total. The third kappa shape index (κ3) is 2.47. The zero-order valence-electron chi connectivity index (χ0n) is 11.1. The highest BCUT2D eigenvalue weighted by molar-refractivity contribution is 5.41. The minimum atomic E-state index is 0.276. The zero-order chi connectivity index (χ0) is 13.1. The molecule has 0 fully saturated rings. The molecule has 0 radical (unpaired) electrons. The quantitative estimate of drug-likeness (QED) is 0.901. The summed E-state index contributed by atoms with van der Waals surface area (Å²) in [6.07, 6.45) is 1.68. The predicted molar refractivity (Wildman–Crippen MR) is 72.5 cm³/mol. The number of nitrogens with two attached hydrogens (primary N) is 1. The minimum Gasteiger partial charge on any atom is -0.487 e. The van der Waals surface area contributed by atoms with Gasteiger partial charge >= 0.3 is 0 Å². The van der Waals surface area contributed by atoms with E-state index in [0.717, 1.165) is 17.0 Å². The third-order valence-electron chi connectivity index (χ3n) is 2.88. The van der Waals surface area contributed by atoms with Crippen molar-refractivity contribution < 1.29 is 4.74 Å². The summed E-state index contributed by atoms with van der Waals surface area (Å²) in [6, 6.07) is 8.22. The molecule has 2 rings (SSSR count). The smallest absolute Gasteiger partial charge is 0.132 e. The Hall–Kier alpha value is -1.97. The van der Waals surface area contributed by atoms with Gasteiger partial charge in [-0.05, 0) is 32.4 Å². The van der Waals surface area contributed by atoms with Gasteiger partial charge in [0.25, 0.3) is 0 Å². The van der Waals surface area contributed by atoms with Gasteiger partial charge in [0.15, 0.2) is 0 Å². The van der Waals surface area contributed by atoms with E-state index < -0.39 is 0 Å². The summed E-state index contributed by atoms with van der Waals surface area (Å²) in [5, 5.41) is 4.26. The number of ether oxygens (including phenoxy) is 1. The van der Waals surface area contributed by atoms with Crippen LogP contribution in [0, 0.1) is 6.92 Å². The van der Waals surface area contributed by atoms with Gasteiger partial charge in [-0.3, -0.25) is 4.68 Å². The molecule has 1 heterocycles. The summed E-state index contributed by atoms with van der Waals surface area (Å²) in [5.41, 5.74) is 8.64. The minimum absolute atomic E-state index is 0.276. The average molecular weight is 245 g/mol. The molecule has 0 unspecified atom stereocenters. The van der Waals surface area contributed by atoms with Gasteiger partial charge in [-0.2, -0.15) is 5.10 Å². The lowest BCUT2D eigenvalue weighted by Crippen LogP contribution is -2.11. The van der Waals surface area contributed by atoms with Gasteiger partial charge in [0, 0.05) is 6.04 Å². The van der Waals surface area contributed by atoms with Crippen molar-refractivity contribution in [3.63, 3.8) is 0 Å². The van der Waals surface area contributed by atoms with Gasteiger partial charge in [-0.1, -0.05) is 18.2 Å². The Labute approximate surface area is 107 Å². The van der Waals surface area contributed by atoms with Crippen LogP contribution in [0.2, 0.25) is 0 Å². The van der Waals surface area contributed by atoms with E-state index in [0.29, 0.717) is 12.3 Å². The van der Waals surface area contributed by atoms with Crippen LogP contribution >= 0.6 is 0 Å². The highest BCUT2D eigenvalue weighted by Gasteiger charge is 2.11. The molecule has 0 aliphatic rings. The van der Waals surface area contributed by atoms with Gasteiger partial charge in [0.2, 0.25) is 0 Å². The molecule has 0 aliphatic carbocycles. The number of rotatable bonds is 4. The standard InChI is InChI=1S/C14H19N3O/c1-10(2)17-13(12(15)8-16-17)9-18-14-7-5-4-6-11(14)3/h4-8,10H,9,15H2,1-3H3. The molecule has 4 heteroatoms. The van der Waals surface area contributed by atoms with Gasteiger partial charge in [0.05, 0.1) is 17.6 Å². The van der Waals surface area contributed by atoms with E-state index in [-0.39, 0.29) is 6.04 Å². The molecule has 0 bridgehead atoms. The molecule has 1 aromatic carbocycles. The van der Waals surface area contributed by atoms with Crippen LogP contribution in [-0.2, 0) is 6.61 Å². The van der Waals surface area contributed by atoms with Crippen molar-refractivity contribution in [1.82, 2.24) is 9.78 Å². The summed E-state index contributed by atoms with van der Waals surface area (Å²) in [7, 11) is 0. The second-order valence-electron chi connectivity index (χ2n) is 4.64. The zero-order valence-corrected chi connectivity index (χ0v) is 11.1. The van der Waals surface area contributed by atoms with Gasteiger partial charge in [-0.25, -0.2) is 0 Å². The van der Waals surface area contributed by atoms with Gasteiger partial charge in [-0.15, -0.1) is 0 Å². The van der Waals surface area contributed by atoms with Gasteiger partial charge < -0.3 is 10.5 Å². The fourth-order valence-corrected chi connectivity index (χ4v) is 1.86. The summed E-state index contributed by atoms with van der Waals surface area (Å²) < 4.78 is 7.71. The van der Waals surface area contributed by atoms with E-state index in [1.54, 1.807) is 6.20 Å². The number of hydrogen-bond acceptors (Lipinski definition) is 3. The lowest BCUT2D eigenvalue weighted by molar-refractivity contribution is 0.286. The average Bonchev–Trinajstić information content (AvgIpc) is 2.70. The normalized spacial score (nSPS) is 10.9. The van der Waals surface area contributed by atoms with E-state index >= 15 is 0 Å². The number of anilines is 1. The number of hydrogen-bond donors (Lipinski definition) is 1. The Morgan fingerprint density at radius 1 is 1.33 bits per heavy atom. The van der Waals surface area contributed by atoms with Crippen LogP contribution in [0.15, 0.2) is 30.5 Å². The number of benzene rings is 1. The Morgan fingerprint density at radius 3 is 2.72 bits per heavy atom. The molecule has 0 saturated carbocycles. The molecule has 0 saturated heterocycles. The highest BCUT2D eigenvalue weighted by Crippen LogP contribution is 2.21. The first kappa shape index (κ1) is 12.5. The first-order valence-electron chi connectivity index (χ1n) is 6.10. The van der Waals surface area contributed by atoms with Crippen molar-refractivity contribution in [2.24, 2.45) is 0 Å². The molecular weight excluding hydrogens is 226 g/mol. The third-order valence-corrected chi connectivity index (χ3v) is 2.88. The first-order chi connectivity index (χ1) is 8.59. The Balaban J connectivity index is 2.16. The maximum Gasteiger partial charge on any atom is 0.132 e. The maximum absolute atomic E-state index is 5.92. The SMILES string of the molecule is Cc1ccccc1OCc1c(N)cnn1C(C)C. The predicted octanol–water partition coefficient (Wildman–Crippen LogP) is 2.93. The van der Waals surface area contributed by atoms with E-state index in [9.17, 15) is 0 Å². The molecule has 0 spiro atoms. The Morgan fingerprint density at radius 2 is 2.06 bits per heavy atom. The van der Waals surface area contributed by atoms with E-state index in [1.165, 1.54) is 0 Å². The molecule has 18 heavy (non-hydrogen) atoms. The van der Waals surface area contributed by atoms with Crippen LogP contribution in [0.1, 0.15) is 31.1 Å². The number of aromatic nitrogens is 2. The van der Waals surface area contributed by atoms with E-state index in [2.05, 4.69) is 18.9 Å². The first-order valence-corrected chi connectivity index (χ1v) is 6.10. The molecule has 1 aromatic heterocycles. The van der Waals surface area contributed by atoms with Crippen LogP contribution < -0.4 is 10.5 Å². The lowest BCUT2D eigenvalue weighted by Gasteiger charge is -2.13. The maximum atomic E-state index is 5.92. The van der Waals surface area contributed by atoms with E-state index in [1.807, 2.05) is 35.9 Å². The largest absolute Gasteiger partial charge is 0.487 e. The number of nitrogen functional groups attached to an aromatic ring is 1. The van der Waals surface area contributed by atoms with Crippen LogP contribution in [0.4, 0.5) is 5.69 Å². The van der Waals surface area contributed by atoms with Gasteiger partial charge in [0.1, 0.15) is 12.4 Å². The fourth-order valence-electron chi connectivity index (χ4n) is 1.86. The topological polar surface area (TPSA) is 53.1 Å².